The van der Waals surface area contributed by atoms with E-state index in [1.54, 1.807) is 24.3 Å². The lowest BCUT2D eigenvalue weighted by Gasteiger charge is -2.41. The van der Waals surface area contributed by atoms with E-state index in [1.807, 2.05) is 97.1 Å². The number of esters is 1. The highest BCUT2D eigenvalue weighted by Crippen LogP contribution is 2.28. The van der Waals surface area contributed by atoms with E-state index in [1.165, 1.54) is 0 Å². The normalized spacial score (nSPS) is 20.8. The monoisotopic (exact) mass is 524 g/mol. The summed E-state index contributed by atoms with van der Waals surface area (Å²) < 4.78 is 31.1. The van der Waals surface area contributed by atoms with Gasteiger partial charge in [0.15, 0.2) is 0 Å². The highest BCUT2D eigenvalue weighted by Gasteiger charge is 2.45. The Morgan fingerprint density at radius 3 is 1.54 bits per heavy atom. The summed E-state index contributed by atoms with van der Waals surface area (Å²) >= 11 is 0. The number of rotatable bonds is 11. The molecule has 0 saturated carbocycles. The van der Waals surface area contributed by atoms with E-state index in [2.05, 4.69) is 0 Å². The van der Waals surface area contributed by atoms with Crippen molar-refractivity contribution < 1.29 is 28.5 Å². The van der Waals surface area contributed by atoms with Crippen molar-refractivity contribution in [1.82, 2.24) is 0 Å². The first-order valence-corrected chi connectivity index (χ1v) is 13.1. The first kappa shape index (κ1) is 26.8. The van der Waals surface area contributed by atoms with Gasteiger partial charge in [-0.15, -0.1) is 0 Å². The predicted octanol–water partition coefficient (Wildman–Crippen LogP) is 5.96. The number of carbonyl (C=O) groups is 1. The smallest absolute Gasteiger partial charge is 0.340 e. The van der Waals surface area contributed by atoms with Crippen LogP contribution in [0.25, 0.3) is 0 Å². The van der Waals surface area contributed by atoms with E-state index < -0.39 is 30.6 Å². The van der Waals surface area contributed by atoms with Crippen molar-refractivity contribution >= 4 is 5.97 Å². The molecule has 4 aromatic rings. The fourth-order valence-corrected chi connectivity index (χ4v) is 4.42. The molecular weight excluding hydrogens is 492 g/mol. The Balaban J connectivity index is 1.38. The van der Waals surface area contributed by atoms with Crippen LogP contribution in [0.15, 0.2) is 121 Å². The lowest BCUT2D eigenvalue weighted by molar-refractivity contribution is -0.285. The Bertz CT molecular complexity index is 1270. The number of benzene rings is 4. The van der Waals surface area contributed by atoms with Crippen molar-refractivity contribution in [2.75, 3.05) is 6.61 Å². The van der Waals surface area contributed by atoms with E-state index in [-0.39, 0.29) is 6.61 Å². The summed E-state index contributed by atoms with van der Waals surface area (Å²) in [5.74, 6) is -0.487. The summed E-state index contributed by atoms with van der Waals surface area (Å²) in [5, 5.41) is 0. The Labute approximate surface area is 229 Å². The Morgan fingerprint density at radius 1 is 0.590 bits per heavy atom. The van der Waals surface area contributed by atoms with Gasteiger partial charge in [0.1, 0.15) is 18.3 Å². The molecule has 1 fully saturated rings. The van der Waals surface area contributed by atoms with Gasteiger partial charge in [0.2, 0.25) is 6.29 Å². The van der Waals surface area contributed by atoms with Gasteiger partial charge < -0.3 is 23.7 Å². The number of hydrogen-bond acceptors (Lipinski definition) is 6. The van der Waals surface area contributed by atoms with Crippen molar-refractivity contribution in [3.8, 4) is 0 Å². The summed E-state index contributed by atoms with van der Waals surface area (Å²) in [6.07, 6.45) is -2.70. The van der Waals surface area contributed by atoms with Crippen LogP contribution in [-0.2, 0) is 43.5 Å². The maximum absolute atomic E-state index is 13.0. The molecule has 5 rings (SSSR count). The van der Waals surface area contributed by atoms with Gasteiger partial charge in [-0.1, -0.05) is 109 Å². The Hall–Kier alpha value is -3.81. The molecule has 6 nitrogen and oxygen atoms in total. The van der Waals surface area contributed by atoms with E-state index >= 15 is 0 Å². The molecular formula is C33H32O6. The summed E-state index contributed by atoms with van der Waals surface area (Å²) in [4.78, 5) is 13.0. The standard InChI is InChI=1S/C33H32O6/c34-32(28-19-11-4-12-20-28)39-33-31(37-23-27-17-9-3-10-18-27)30(36-22-26-15-7-2-8-16-26)29(24-38-33)35-21-25-13-5-1-6-14-25/h1-20,29-31,33H,21-24H2. The molecule has 39 heavy (non-hydrogen) atoms. The summed E-state index contributed by atoms with van der Waals surface area (Å²) in [6, 6.07) is 38.6. The second-order valence-electron chi connectivity index (χ2n) is 9.33. The van der Waals surface area contributed by atoms with Crippen molar-refractivity contribution in [3.63, 3.8) is 0 Å². The lowest BCUT2D eigenvalue weighted by atomic mass is 10.0. The van der Waals surface area contributed by atoms with Crippen molar-refractivity contribution in [2.45, 2.75) is 44.4 Å². The average molecular weight is 525 g/mol. The van der Waals surface area contributed by atoms with Crippen molar-refractivity contribution in [2.24, 2.45) is 0 Å². The molecule has 0 radical (unpaired) electrons. The largest absolute Gasteiger partial charge is 0.429 e. The Kier molecular flexibility index (Phi) is 9.50. The second-order valence-corrected chi connectivity index (χ2v) is 9.33. The maximum Gasteiger partial charge on any atom is 0.340 e. The van der Waals surface area contributed by atoms with Crippen LogP contribution in [0.5, 0.6) is 0 Å². The van der Waals surface area contributed by atoms with Gasteiger partial charge in [0.05, 0.1) is 32.0 Å². The summed E-state index contributed by atoms with van der Waals surface area (Å²) in [7, 11) is 0. The van der Waals surface area contributed by atoms with Gasteiger partial charge in [0, 0.05) is 0 Å². The SMILES string of the molecule is O=C(OC1OCC(OCc2ccccc2)C(OCc2ccccc2)C1OCc1ccccc1)c1ccccc1. The van der Waals surface area contributed by atoms with Crippen molar-refractivity contribution in [1.29, 1.82) is 0 Å². The van der Waals surface area contributed by atoms with Crippen LogP contribution < -0.4 is 0 Å². The van der Waals surface area contributed by atoms with Gasteiger partial charge >= 0.3 is 5.97 Å². The van der Waals surface area contributed by atoms with Crippen LogP contribution in [0.4, 0.5) is 0 Å². The van der Waals surface area contributed by atoms with Crippen LogP contribution in [0.1, 0.15) is 27.0 Å². The molecule has 0 bridgehead atoms. The third-order valence-electron chi connectivity index (χ3n) is 6.49. The zero-order valence-corrected chi connectivity index (χ0v) is 21.6. The highest BCUT2D eigenvalue weighted by molar-refractivity contribution is 5.89. The lowest BCUT2D eigenvalue weighted by Crippen LogP contribution is -2.57. The van der Waals surface area contributed by atoms with Gasteiger partial charge in [-0.3, -0.25) is 0 Å². The zero-order chi connectivity index (χ0) is 26.7. The van der Waals surface area contributed by atoms with E-state index in [9.17, 15) is 4.79 Å². The molecule has 6 heteroatoms. The van der Waals surface area contributed by atoms with Gasteiger partial charge in [-0.05, 0) is 28.8 Å². The van der Waals surface area contributed by atoms with Crippen LogP contribution in [0.2, 0.25) is 0 Å². The van der Waals surface area contributed by atoms with Crippen LogP contribution >= 0.6 is 0 Å². The second kappa shape index (κ2) is 13.8. The first-order valence-electron chi connectivity index (χ1n) is 13.1. The van der Waals surface area contributed by atoms with E-state index in [0.29, 0.717) is 25.4 Å². The minimum atomic E-state index is -0.973. The van der Waals surface area contributed by atoms with E-state index in [0.717, 1.165) is 16.7 Å². The number of carbonyl (C=O) groups excluding carboxylic acids is 1. The van der Waals surface area contributed by atoms with Gasteiger partial charge in [0.25, 0.3) is 0 Å². The molecule has 0 amide bonds. The summed E-state index contributed by atoms with van der Waals surface area (Å²) in [5.41, 5.74) is 3.48. The molecule has 1 heterocycles. The van der Waals surface area contributed by atoms with Crippen LogP contribution in [0.3, 0.4) is 0 Å². The number of ether oxygens (including phenoxy) is 5. The topological polar surface area (TPSA) is 63.2 Å². The molecule has 1 saturated heterocycles. The maximum atomic E-state index is 13.0. The van der Waals surface area contributed by atoms with Gasteiger partial charge in [-0.25, -0.2) is 4.79 Å². The molecule has 0 spiro atoms. The first-order chi connectivity index (χ1) is 19.3. The van der Waals surface area contributed by atoms with Crippen LogP contribution in [0, 0.1) is 0 Å². The third kappa shape index (κ3) is 7.62. The molecule has 1 aliphatic rings. The van der Waals surface area contributed by atoms with Crippen LogP contribution in [-0.4, -0.2) is 37.2 Å². The molecule has 0 aliphatic carbocycles. The minimum absolute atomic E-state index is 0.185. The summed E-state index contributed by atoms with van der Waals surface area (Å²) in [6.45, 7) is 1.22. The molecule has 200 valence electrons. The molecule has 0 aromatic heterocycles. The molecule has 4 unspecified atom stereocenters. The number of hydrogen-bond donors (Lipinski definition) is 0. The fraction of sp³-hybridized carbons (Fsp3) is 0.242. The van der Waals surface area contributed by atoms with Gasteiger partial charge in [-0.2, -0.15) is 0 Å². The predicted molar refractivity (Wildman–Crippen MR) is 147 cm³/mol. The minimum Gasteiger partial charge on any atom is -0.429 e. The average Bonchev–Trinajstić information content (AvgIpc) is 3.00. The molecule has 4 atom stereocenters. The quantitative estimate of drug-likeness (QED) is 0.226. The van der Waals surface area contributed by atoms with E-state index in [4.69, 9.17) is 23.7 Å². The fourth-order valence-electron chi connectivity index (χ4n) is 4.42. The molecule has 1 aliphatic heterocycles. The zero-order valence-electron chi connectivity index (χ0n) is 21.6. The van der Waals surface area contributed by atoms with Crippen molar-refractivity contribution in [3.05, 3.63) is 144 Å². The molecule has 0 N–H and O–H groups in total. The Morgan fingerprint density at radius 2 is 1.03 bits per heavy atom. The molecule has 4 aromatic carbocycles. The third-order valence-corrected chi connectivity index (χ3v) is 6.49. The highest BCUT2D eigenvalue weighted by atomic mass is 16.7.